The van der Waals surface area contributed by atoms with E-state index in [-0.39, 0.29) is 39.7 Å². The zero-order valence-corrected chi connectivity index (χ0v) is 16.6. The monoisotopic (exact) mass is 422 g/mol. The van der Waals surface area contributed by atoms with E-state index >= 15 is 0 Å². The van der Waals surface area contributed by atoms with Gasteiger partial charge in [-0.3, -0.25) is 10.0 Å². The van der Waals surface area contributed by atoms with Gasteiger partial charge < -0.3 is 20.2 Å². The Morgan fingerprint density at radius 1 is 1.19 bits per heavy atom. The normalized spacial score (nSPS) is 20.8. The van der Waals surface area contributed by atoms with Gasteiger partial charge in [0.05, 0.1) is 5.54 Å². The van der Waals surface area contributed by atoms with Gasteiger partial charge in [-0.25, -0.2) is 10.0 Å². The molecular weight excluding hydrogens is 402 g/mol. The number of carboxylic acids is 1. The number of carboxylic acid groups (broad SMARTS) is 1. The molecule has 2 heterocycles. The van der Waals surface area contributed by atoms with Crippen LogP contribution in [0.4, 0.5) is 0 Å². The fraction of sp³-hybridized carbons (Fsp3) is 0.389. The van der Waals surface area contributed by atoms with Crippen molar-refractivity contribution < 1.29 is 37.0 Å². The molecule has 27 heavy (non-hydrogen) atoms. The van der Waals surface area contributed by atoms with Gasteiger partial charge in [-0.15, -0.1) is 0 Å². The molecule has 149 valence electrons. The molecule has 1 aliphatic heterocycles. The van der Waals surface area contributed by atoms with Crippen LogP contribution < -0.4 is 15.7 Å². The fourth-order valence-corrected chi connectivity index (χ4v) is 2.58. The van der Waals surface area contributed by atoms with E-state index < -0.39 is 17.0 Å². The Morgan fingerprint density at radius 3 is 2.22 bits per heavy atom. The Labute approximate surface area is 167 Å². The van der Waals surface area contributed by atoms with Gasteiger partial charge in [-0.05, 0) is 46.8 Å². The first kappa shape index (κ1) is 22.8. The molecule has 2 aliphatic rings. The summed E-state index contributed by atoms with van der Waals surface area (Å²) in [6.45, 7) is 8.06. The number of fused-ring (bicyclic) bond motifs is 1. The van der Waals surface area contributed by atoms with Crippen LogP contribution in [0.2, 0.25) is 0 Å². The SMILES string of the molecule is CC(=O)[O-].CC1(C)N([O-])C(=c2ccc3c(n2)C(=O)C=CC=3)N(O)C1(C)C.[Cu+2]. The molecule has 0 unspecified atom stereocenters. The number of carbonyl (C=O) groups excluding carboxylic acids is 2. The van der Waals surface area contributed by atoms with E-state index in [2.05, 4.69) is 4.98 Å². The molecule has 1 N–H and O–H groups in total. The van der Waals surface area contributed by atoms with Crippen molar-refractivity contribution >= 4 is 23.6 Å². The number of hydrogen-bond acceptors (Lipinski definition) is 8. The number of hydrogen-bond donors (Lipinski definition) is 1. The second-order valence-corrected chi connectivity index (χ2v) is 7.06. The summed E-state index contributed by atoms with van der Waals surface area (Å²) in [5, 5.41) is 34.7. The third kappa shape index (κ3) is 3.91. The average Bonchev–Trinajstić information content (AvgIpc) is 2.65. The number of carbonyl (C=O) groups is 2. The molecule has 0 bridgehead atoms. The fourth-order valence-electron chi connectivity index (χ4n) is 2.58. The Kier molecular flexibility index (Phi) is 6.61. The van der Waals surface area contributed by atoms with Crippen molar-refractivity contribution in [3.63, 3.8) is 0 Å². The molecule has 0 aromatic carbocycles. The number of aliphatic carboxylic acids is 1. The van der Waals surface area contributed by atoms with Crippen molar-refractivity contribution in [1.82, 2.24) is 15.1 Å². The van der Waals surface area contributed by atoms with Crippen LogP contribution in [0, 0.1) is 5.21 Å². The Hall–Kier alpha value is -2.19. The summed E-state index contributed by atoms with van der Waals surface area (Å²) < 4.78 is 0. The molecular formula is C18H21CuN3O5. The summed E-state index contributed by atoms with van der Waals surface area (Å²) in [4.78, 5) is 25.1. The summed E-state index contributed by atoms with van der Waals surface area (Å²) in [6.07, 6.45) is 4.88. The number of aromatic nitrogens is 1. The molecule has 0 spiro atoms. The topological polar surface area (TPSA) is 120 Å². The second kappa shape index (κ2) is 7.82. The van der Waals surface area contributed by atoms with Gasteiger partial charge in [0.2, 0.25) is 5.78 Å². The molecule has 0 atom stereocenters. The molecule has 1 saturated heterocycles. The van der Waals surface area contributed by atoms with E-state index in [1.165, 1.54) is 6.08 Å². The first-order valence-corrected chi connectivity index (χ1v) is 7.99. The Bertz CT molecular complexity index is 882. The van der Waals surface area contributed by atoms with E-state index in [1.807, 2.05) is 0 Å². The average molecular weight is 423 g/mol. The summed E-state index contributed by atoms with van der Waals surface area (Å²) in [7, 11) is 0. The molecule has 1 radical (unpaired) electrons. The molecule has 1 aliphatic carbocycles. The second-order valence-electron chi connectivity index (χ2n) is 7.06. The predicted molar refractivity (Wildman–Crippen MR) is 92.5 cm³/mol. The minimum absolute atomic E-state index is 0. The van der Waals surface area contributed by atoms with E-state index in [0.717, 1.165) is 17.1 Å². The molecule has 3 rings (SSSR count). The van der Waals surface area contributed by atoms with Crippen molar-refractivity contribution in [3.8, 4) is 0 Å². The number of rotatable bonds is 0. The number of nitrogens with zero attached hydrogens (tertiary/aromatic N) is 3. The van der Waals surface area contributed by atoms with Crippen LogP contribution >= 0.6 is 0 Å². The molecule has 0 saturated carbocycles. The minimum atomic E-state index is -1.08. The summed E-state index contributed by atoms with van der Waals surface area (Å²) in [5.41, 5.74) is -1.35. The van der Waals surface area contributed by atoms with Crippen molar-refractivity contribution in [1.29, 1.82) is 0 Å². The van der Waals surface area contributed by atoms with Crippen LogP contribution in [0.5, 0.6) is 0 Å². The van der Waals surface area contributed by atoms with E-state index in [0.29, 0.717) is 5.22 Å². The van der Waals surface area contributed by atoms with E-state index in [4.69, 9.17) is 9.90 Å². The third-order valence-corrected chi connectivity index (χ3v) is 4.84. The quantitative estimate of drug-likeness (QED) is 0.555. The summed E-state index contributed by atoms with van der Waals surface area (Å²) in [5.74, 6) is -1.24. The van der Waals surface area contributed by atoms with Gasteiger partial charge in [-0.2, -0.15) is 0 Å². The smallest absolute Gasteiger partial charge is 0.757 e. The van der Waals surface area contributed by atoms with Gasteiger partial charge in [0, 0.05) is 16.7 Å². The molecule has 1 aromatic rings. The van der Waals surface area contributed by atoms with Crippen LogP contribution in [-0.4, -0.2) is 43.1 Å². The van der Waals surface area contributed by atoms with Crippen molar-refractivity contribution in [2.24, 2.45) is 0 Å². The molecule has 0 amide bonds. The van der Waals surface area contributed by atoms with E-state index in [1.54, 1.807) is 52.0 Å². The van der Waals surface area contributed by atoms with Crippen LogP contribution in [0.15, 0.2) is 24.3 Å². The van der Waals surface area contributed by atoms with Gasteiger partial charge >= 0.3 is 17.1 Å². The molecule has 1 aromatic heterocycles. The molecule has 8 nitrogen and oxygen atoms in total. The third-order valence-electron chi connectivity index (χ3n) is 4.84. The standard InChI is InChI=1S/C16H18N3O3.C2H4O2.Cu/c1-15(2)16(3,4)19(22)14(18(15)21)11-9-8-10-6-5-7-12(20)13(10)17-11;1-2(3)4;/h5-9,21H,1-4H3;1H3,(H,3,4);/q-1;;+2/p-1. The first-order chi connectivity index (χ1) is 11.9. The maximum absolute atomic E-state index is 12.6. The van der Waals surface area contributed by atoms with Gasteiger partial charge in [-0.1, -0.05) is 18.2 Å². The number of hydroxylamine groups is 4. The summed E-state index contributed by atoms with van der Waals surface area (Å²) in [6, 6.07) is 3.37. The van der Waals surface area contributed by atoms with Gasteiger partial charge in [0.1, 0.15) is 16.9 Å². The van der Waals surface area contributed by atoms with Crippen molar-refractivity contribution in [3.05, 3.63) is 45.8 Å². The van der Waals surface area contributed by atoms with E-state index in [9.17, 15) is 15.2 Å². The van der Waals surface area contributed by atoms with Gasteiger partial charge in [0.25, 0.3) is 0 Å². The van der Waals surface area contributed by atoms with Crippen molar-refractivity contribution in [2.45, 2.75) is 45.7 Å². The Balaban J connectivity index is 0.000000666. The van der Waals surface area contributed by atoms with Crippen LogP contribution in [0.3, 0.4) is 0 Å². The van der Waals surface area contributed by atoms with Crippen molar-refractivity contribution in [2.75, 3.05) is 0 Å². The predicted octanol–water partition coefficient (Wildman–Crippen LogP) is -0.504. The summed E-state index contributed by atoms with van der Waals surface area (Å²) >= 11 is 0. The Morgan fingerprint density at radius 2 is 1.74 bits per heavy atom. The first-order valence-electron chi connectivity index (χ1n) is 7.99. The van der Waals surface area contributed by atoms with Gasteiger partial charge in [0.15, 0.2) is 0 Å². The molecule has 9 heteroatoms. The minimum Gasteiger partial charge on any atom is -0.757 e. The zero-order chi connectivity index (χ0) is 19.9. The maximum atomic E-state index is 12.6. The zero-order valence-electron chi connectivity index (χ0n) is 15.6. The molecule has 1 fully saturated rings. The van der Waals surface area contributed by atoms with Crippen LogP contribution in [0.25, 0.3) is 11.9 Å². The largest absolute Gasteiger partial charge is 2.00 e. The van der Waals surface area contributed by atoms with Crippen LogP contribution in [0.1, 0.15) is 45.1 Å². The maximum Gasteiger partial charge on any atom is 2.00 e. The number of allylic oxidation sites excluding steroid dienone is 2. The number of pyridine rings is 1. The number of ketones is 1. The van der Waals surface area contributed by atoms with Crippen LogP contribution in [-0.2, 0) is 21.9 Å².